The molecule has 2 N–H and O–H groups in total. The Kier molecular flexibility index (Phi) is 6.41. The first-order valence-corrected chi connectivity index (χ1v) is 11.2. The summed E-state index contributed by atoms with van der Waals surface area (Å²) in [6, 6.07) is 8.70. The lowest BCUT2D eigenvalue weighted by Crippen LogP contribution is -2.49. The summed E-state index contributed by atoms with van der Waals surface area (Å²) in [5.74, 6) is 0.215. The lowest BCUT2D eigenvalue weighted by atomic mass is 10.0. The zero-order valence-electron chi connectivity index (χ0n) is 18.1. The van der Waals surface area contributed by atoms with Crippen LogP contribution in [-0.2, 0) is 16.1 Å². The number of hydrogen-bond acceptors (Lipinski definition) is 5. The van der Waals surface area contributed by atoms with E-state index in [1.54, 1.807) is 4.90 Å². The molecule has 0 aromatic heterocycles. The molecule has 164 valence electrons. The van der Waals surface area contributed by atoms with Crippen LogP contribution in [0.5, 0.6) is 0 Å². The maximum atomic E-state index is 12.9. The molecule has 1 aromatic carbocycles. The Morgan fingerprint density at radius 2 is 1.97 bits per heavy atom. The van der Waals surface area contributed by atoms with Crippen molar-refractivity contribution in [2.45, 2.75) is 63.4 Å². The highest BCUT2D eigenvalue weighted by Crippen LogP contribution is 2.28. The van der Waals surface area contributed by atoms with Gasteiger partial charge < -0.3 is 15.3 Å². The molecule has 4 rings (SSSR count). The first kappa shape index (κ1) is 21.3. The van der Waals surface area contributed by atoms with Gasteiger partial charge in [0, 0.05) is 51.2 Å². The highest BCUT2D eigenvalue weighted by atomic mass is 16.3. The molecule has 4 atom stereocenters. The van der Waals surface area contributed by atoms with Crippen LogP contribution >= 0.6 is 0 Å². The number of fused-ring (bicyclic) bond motifs is 1. The molecule has 1 aromatic rings. The van der Waals surface area contributed by atoms with Crippen LogP contribution in [0.2, 0.25) is 0 Å². The van der Waals surface area contributed by atoms with E-state index in [-0.39, 0.29) is 36.0 Å². The van der Waals surface area contributed by atoms with E-state index in [0.717, 1.165) is 25.9 Å². The van der Waals surface area contributed by atoms with Gasteiger partial charge in [-0.15, -0.1) is 0 Å². The number of aliphatic hydroxyl groups is 1. The molecule has 0 radical (unpaired) electrons. The number of amides is 2. The minimum atomic E-state index is -0.382. The molecule has 3 aliphatic heterocycles. The van der Waals surface area contributed by atoms with Crippen molar-refractivity contribution in [1.29, 1.82) is 0 Å². The highest BCUT2D eigenvalue weighted by molar-refractivity contribution is 5.83. The van der Waals surface area contributed by atoms with E-state index in [1.165, 1.54) is 11.1 Å². The number of benzene rings is 1. The molecular weight excluding hydrogens is 380 g/mol. The lowest BCUT2D eigenvalue weighted by molar-refractivity contribution is -0.131. The SMILES string of the molecule is Cc1ccc(CN2CCC3C2C(=O)NCC(CCC(=O)N2CCC(O)C2)N3C)cc1. The molecule has 7 nitrogen and oxygen atoms in total. The van der Waals surface area contributed by atoms with Crippen molar-refractivity contribution >= 4 is 11.8 Å². The van der Waals surface area contributed by atoms with E-state index in [9.17, 15) is 14.7 Å². The van der Waals surface area contributed by atoms with Gasteiger partial charge in [-0.05, 0) is 38.8 Å². The third kappa shape index (κ3) is 4.53. The van der Waals surface area contributed by atoms with Crippen molar-refractivity contribution in [3.05, 3.63) is 35.4 Å². The average Bonchev–Trinajstić information content (AvgIpc) is 3.32. The molecule has 3 aliphatic rings. The van der Waals surface area contributed by atoms with Gasteiger partial charge >= 0.3 is 0 Å². The van der Waals surface area contributed by atoms with Crippen LogP contribution in [0.4, 0.5) is 0 Å². The maximum Gasteiger partial charge on any atom is 0.239 e. The molecule has 0 bridgehead atoms. The summed E-state index contributed by atoms with van der Waals surface area (Å²) in [5, 5.41) is 12.8. The summed E-state index contributed by atoms with van der Waals surface area (Å²) in [6.45, 7) is 5.45. The van der Waals surface area contributed by atoms with Crippen molar-refractivity contribution < 1.29 is 14.7 Å². The number of nitrogens with zero attached hydrogens (tertiary/aromatic N) is 3. The third-order valence-electron chi connectivity index (χ3n) is 7.06. The van der Waals surface area contributed by atoms with E-state index in [0.29, 0.717) is 32.5 Å². The van der Waals surface area contributed by atoms with Crippen LogP contribution in [0.3, 0.4) is 0 Å². The van der Waals surface area contributed by atoms with Gasteiger partial charge in [-0.3, -0.25) is 19.4 Å². The van der Waals surface area contributed by atoms with E-state index in [1.807, 2.05) is 0 Å². The van der Waals surface area contributed by atoms with E-state index in [4.69, 9.17) is 0 Å². The molecule has 3 fully saturated rings. The van der Waals surface area contributed by atoms with Gasteiger partial charge in [0.25, 0.3) is 0 Å². The number of likely N-dealkylation sites (N-methyl/N-ethyl adjacent to an activating group) is 1. The topological polar surface area (TPSA) is 76.1 Å². The fourth-order valence-electron chi connectivity index (χ4n) is 5.17. The smallest absolute Gasteiger partial charge is 0.239 e. The van der Waals surface area contributed by atoms with Gasteiger partial charge in [-0.1, -0.05) is 29.8 Å². The zero-order valence-corrected chi connectivity index (χ0v) is 18.1. The maximum absolute atomic E-state index is 12.9. The van der Waals surface area contributed by atoms with E-state index in [2.05, 4.69) is 53.4 Å². The van der Waals surface area contributed by atoms with E-state index >= 15 is 0 Å². The van der Waals surface area contributed by atoms with Crippen LogP contribution in [-0.4, -0.2) is 89.1 Å². The van der Waals surface area contributed by atoms with Gasteiger partial charge in [0.1, 0.15) is 6.04 Å². The molecule has 4 unspecified atom stereocenters. The van der Waals surface area contributed by atoms with Gasteiger partial charge in [0.2, 0.25) is 11.8 Å². The molecular formula is C23H34N4O3. The summed E-state index contributed by atoms with van der Waals surface area (Å²) < 4.78 is 0. The van der Waals surface area contributed by atoms with Crippen molar-refractivity contribution in [2.24, 2.45) is 0 Å². The second-order valence-electron chi connectivity index (χ2n) is 9.14. The number of carbonyl (C=O) groups excluding carboxylic acids is 2. The molecule has 0 aliphatic carbocycles. The number of likely N-dealkylation sites (tertiary alicyclic amines) is 2. The second kappa shape index (κ2) is 9.04. The Morgan fingerprint density at radius 3 is 2.67 bits per heavy atom. The number of nitrogens with one attached hydrogen (secondary N) is 1. The van der Waals surface area contributed by atoms with Crippen LogP contribution < -0.4 is 5.32 Å². The van der Waals surface area contributed by atoms with E-state index < -0.39 is 0 Å². The third-order valence-corrected chi connectivity index (χ3v) is 7.06. The lowest BCUT2D eigenvalue weighted by Gasteiger charge is -2.33. The Bertz CT molecular complexity index is 768. The van der Waals surface area contributed by atoms with Crippen LogP contribution in [0.25, 0.3) is 0 Å². The van der Waals surface area contributed by atoms with Crippen molar-refractivity contribution in [3.63, 3.8) is 0 Å². The van der Waals surface area contributed by atoms with Crippen molar-refractivity contribution in [1.82, 2.24) is 20.0 Å². The normalized spacial score (nSPS) is 30.2. The molecule has 2 amide bonds. The highest BCUT2D eigenvalue weighted by Gasteiger charge is 2.45. The Labute approximate surface area is 179 Å². The summed E-state index contributed by atoms with van der Waals surface area (Å²) in [6.07, 6.45) is 2.44. The fraction of sp³-hybridized carbons (Fsp3) is 0.652. The van der Waals surface area contributed by atoms with Crippen LogP contribution in [0, 0.1) is 6.92 Å². The van der Waals surface area contributed by atoms with Gasteiger partial charge in [-0.2, -0.15) is 0 Å². The number of aliphatic hydroxyl groups excluding tert-OH is 1. The standard InChI is InChI=1S/C23H34N4O3/c1-16-3-5-17(6-4-16)14-27-12-10-20-22(27)23(30)24-13-18(25(20)2)7-8-21(29)26-11-9-19(28)15-26/h3-6,18-20,22,28H,7-15H2,1-2H3,(H,24,30). The minimum Gasteiger partial charge on any atom is -0.391 e. The predicted molar refractivity (Wildman–Crippen MR) is 115 cm³/mol. The molecule has 3 saturated heterocycles. The molecule has 7 heteroatoms. The number of carbonyl (C=O) groups is 2. The number of rotatable bonds is 5. The van der Waals surface area contributed by atoms with Gasteiger partial charge in [0.05, 0.1) is 6.10 Å². The number of β-amino-alcohol motifs (C(OH)–C–C–N with tert-alkyl or cyclic N) is 1. The van der Waals surface area contributed by atoms with Crippen LogP contribution in [0.1, 0.15) is 36.8 Å². The Morgan fingerprint density at radius 1 is 1.20 bits per heavy atom. The van der Waals surface area contributed by atoms with Crippen molar-refractivity contribution in [2.75, 3.05) is 33.2 Å². The Balaban J connectivity index is 1.37. The minimum absolute atomic E-state index is 0.105. The summed E-state index contributed by atoms with van der Waals surface area (Å²) >= 11 is 0. The zero-order chi connectivity index (χ0) is 21.3. The largest absolute Gasteiger partial charge is 0.391 e. The number of hydrogen-bond donors (Lipinski definition) is 2. The monoisotopic (exact) mass is 414 g/mol. The fourth-order valence-corrected chi connectivity index (χ4v) is 5.17. The Hall–Kier alpha value is -1.96. The quantitative estimate of drug-likeness (QED) is 0.743. The first-order valence-electron chi connectivity index (χ1n) is 11.2. The molecule has 3 heterocycles. The van der Waals surface area contributed by atoms with Crippen molar-refractivity contribution in [3.8, 4) is 0 Å². The first-order chi connectivity index (χ1) is 14.4. The molecule has 30 heavy (non-hydrogen) atoms. The van der Waals surface area contributed by atoms with Gasteiger partial charge in [-0.25, -0.2) is 0 Å². The average molecular weight is 415 g/mol. The number of aryl methyl sites for hydroxylation is 1. The second-order valence-corrected chi connectivity index (χ2v) is 9.14. The van der Waals surface area contributed by atoms with Crippen LogP contribution in [0.15, 0.2) is 24.3 Å². The molecule has 0 spiro atoms. The summed E-state index contributed by atoms with van der Waals surface area (Å²) in [7, 11) is 2.10. The molecule has 0 saturated carbocycles. The summed E-state index contributed by atoms with van der Waals surface area (Å²) in [4.78, 5) is 31.8. The van der Waals surface area contributed by atoms with Gasteiger partial charge in [0.15, 0.2) is 0 Å². The summed E-state index contributed by atoms with van der Waals surface area (Å²) in [5.41, 5.74) is 2.47. The predicted octanol–water partition coefficient (Wildman–Crippen LogP) is 0.742.